The molecule has 0 aromatic heterocycles. The normalized spacial score (nSPS) is 19.7. The van der Waals surface area contributed by atoms with E-state index in [0.29, 0.717) is 10.8 Å². The number of amides is 1. The number of hydrogen-bond donors (Lipinski definition) is 0. The van der Waals surface area contributed by atoms with Crippen molar-refractivity contribution >= 4 is 21.4 Å². The summed E-state index contributed by atoms with van der Waals surface area (Å²) in [6, 6.07) is 6.97. The van der Waals surface area contributed by atoms with Crippen molar-refractivity contribution < 1.29 is 13.2 Å². The average Bonchev–Trinajstić information content (AvgIpc) is 3.31. The standard InChI is InChI=1S/C15H20N2O3S/c1-21(19,20)14-6-4-13(5-7-14)16-8-10-17(11-9-16)15(18)12-2-3-12/h4-7,12H,2-3,8-11H2,1H3. The number of anilines is 1. The summed E-state index contributed by atoms with van der Waals surface area (Å²) in [4.78, 5) is 16.5. The molecule has 1 heterocycles. The van der Waals surface area contributed by atoms with Crippen LogP contribution < -0.4 is 4.90 Å². The van der Waals surface area contributed by atoms with Crippen molar-refractivity contribution in [2.24, 2.45) is 5.92 Å². The lowest BCUT2D eigenvalue weighted by Gasteiger charge is -2.36. The first-order chi connectivity index (χ1) is 9.95. The number of rotatable bonds is 3. The van der Waals surface area contributed by atoms with Crippen LogP contribution in [0.4, 0.5) is 5.69 Å². The van der Waals surface area contributed by atoms with Crippen LogP contribution in [0.25, 0.3) is 0 Å². The molecule has 5 nitrogen and oxygen atoms in total. The van der Waals surface area contributed by atoms with Gasteiger partial charge in [-0.1, -0.05) is 0 Å². The number of nitrogens with zero attached hydrogens (tertiary/aromatic N) is 2. The van der Waals surface area contributed by atoms with Gasteiger partial charge in [0.25, 0.3) is 0 Å². The summed E-state index contributed by atoms with van der Waals surface area (Å²) >= 11 is 0. The summed E-state index contributed by atoms with van der Waals surface area (Å²) < 4.78 is 22.9. The molecular formula is C15H20N2O3S. The van der Waals surface area contributed by atoms with Crippen molar-refractivity contribution in [3.8, 4) is 0 Å². The van der Waals surface area contributed by atoms with Gasteiger partial charge in [-0.05, 0) is 37.1 Å². The molecule has 0 N–H and O–H groups in total. The first kappa shape index (κ1) is 14.4. The molecule has 6 heteroatoms. The molecule has 1 aliphatic heterocycles. The maximum atomic E-state index is 12.0. The third kappa shape index (κ3) is 3.20. The van der Waals surface area contributed by atoms with Gasteiger partial charge in [-0.2, -0.15) is 0 Å². The molecule has 1 aliphatic carbocycles. The summed E-state index contributed by atoms with van der Waals surface area (Å²) in [6.45, 7) is 3.11. The van der Waals surface area contributed by atoms with Gasteiger partial charge in [-0.25, -0.2) is 8.42 Å². The molecule has 1 saturated carbocycles. The van der Waals surface area contributed by atoms with Crippen LogP contribution in [-0.4, -0.2) is 51.7 Å². The Morgan fingerprint density at radius 1 is 1.05 bits per heavy atom. The number of sulfone groups is 1. The van der Waals surface area contributed by atoms with Crippen LogP contribution in [0.1, 0.15) is 12.8 Å². The lowest BCUT2D eigenvalue weighted by Crippen LogP contribution is -2.49. The fourth-order valence-electron chi connectivity index (χ4n) is 2.68. The summed E-state index contributed by atoms with van der Waals surface area (Å²) in [5.74, 6) is 0.590. The van der Waals surface area contributed by atoms with Crippen LogP contribution >= 0.6 is 0 Å². The van der Waals surface area contributed by atoms with Gasteiger partial charge in [0.15, 0.2) is 9.84 Å². The topological polar surface area (TPSA) is 57.7 Å². The molecule has 3 rings (SSSR count). The largest absolute Gasteiger partial charge is 0.368 e. The highest BCUT2D eigenvalue weighted by Gasteiger charge is 2.34. The van der Waals surface area contributed by atoms with Gasteiger partial charge >= 0.3 is 0 Å². The quantitative estimate of drug-likeness (QED) is 0.840. The molecule has 0 spiro atoms. The molecule has 0 bridgehead atoms. The third-order valence-electron chi connectivity index (χ3n) is 4.15. The fourth-order valence-corrected chi connectivity index (χ4v) is 3.31. The summed E-state index contributed by atoms with van der Waals surface area (Å²) in [7, 11) is -3.14. The van der Waals surface area contributed by atoms with E-state index in [2.05, 4.69) is 4.90 Å². The molecule has 1 aromatic carbocycles. The Bertz CT molecular complexity index is 627. The molecule has 1 aromatic rings. The Morgan fingerprint density at radius 2 is 1.62 bits per heavy atom. The van der Waals surface area contributed by atoms with Gasteiger partial charge in [-0.15, -0.1) is 0 Å². The highest BCUT2D eigenvalue weighted by molar-refractivity contribution is 7.90. The summed E-state index contributed by atoms with van der Waals surface area (Å²) in [5, 5.41) is 0. The lowest BCUT2D eigenvalue weighted by atomic mass is 10.2. The predicted octanol–water partition coefficient (Wildman–Crippen LogP) is 1.15. The number of carbonyl (C=O) groups excluding carboxylic acids is 1. The van der Waals surface area contributed by atoms with Crippen molar-refractivity contribution in [1.29, 1.82) is 0 Å². The first-order valence-corrected chi connectivity index (χ1v) is 9.18. The van der Waals surface area contributed by atoms with Crippen molar-refractivity contribution in [1.82, 2.24) is 4.90 Å². The second kappa shape index (κ2) is 5.33. The van der Waals surface area contributed by atoms with Crippen molar-refractivity contribution in [2.75, 3.05) is 37.3 Å². The molecule has 21 heavy (non-hydrogen) atoms. The third-order valence-corrected chi connectivity index (χ3v) is 5.28. The van der Waals surface area contributed by atoms with Gasteiger partial charge in [0.1, 0.15) is 0 Å². The minimum absolute atomic E-state index is 0.283. The molecule has 0 atom stereocenters. The average molecular weight is 308 g/mol. The molecule has 2 fully saturated rings. The summed E-state index contributed by atoms with van der Waals surface area (Å²) in [6.07, 6.45) is 3.31. The molecule has 2 aliphatic rings. The van der Waals surface area contributed by atoms with Crippen LogP contribution in [0.3, 0.4) is 0 Å². The molecule has 114 valence electrons. The number of hydrogen-bond acceptors (Lipinski definition) is 4. The van der Waals surface area contributed by atoms with E-state index in [4.69, 9.17) is 0 Å². The SMILES string of the molecule is CS(=O)(=O)c1ccc(N2CCN(C(=O)C3CC3)CC2)cc1. The predicted molar refractivity (Wildman–Crippen MR) is 81.1 cm³/mol. The molecular weight excluding hydrogens is 288 g/mol. The van der Waals surface area contributed by atoms with Gasteiger partial charge in [0.2, 0.25) is 5.91 Å². The number of carbonyl (C=O) groups is 1. The van der Waals surface area contributed by atoms with E-state index in [1.165, 1.54) is 6.26 Å². The maximum Gasteiger partial charge on any atom is 0.225 e. The Hall–Kier alpha value is -1.56. The lowest BCUT2D eigenvalue weighted by molar-refractivity contribution is -0.132. The fraction of sp³-hybridized carbons (Fsp3) is 0.533. The molecule has 1 amide bonds. The second-order valence-corrected chi connectivity index (χ2v) is 7.87. The highest BCUT2D eigenvalue weighted by atomic mass is 32.2. The Labute approximate surface area is 125 Å². The minimum Gasteiger partial charge on any atom is -0.368 e. The highest BCUT2D eigenvalue weighted by Crippen LogP contribution is 2.31. The molecule has 0 unspecified atom stereocenters. The van der Waals surface area contributed by atoms with Crippen LogP contribution in [0.15, 0.2) is 29.2 Å². The zero-order valence-electron chi connectivity index (χ0n) is 12.2. The maximum absolute atomic E-state index is 12.0. The van der Waals surface area contributed by atoms with Crippen molar-refractivity contribution in [3.63, 3.8) is 0 Å². The zero-order valence-corrected chi connectivity index (χ0v) is 13.0. The van der Waals surface area contributed by atoms with E-state index in [1.807, 2.05) is 17.0 Å². The van der Waals surface area contributed by atoms with Gasteiger partial charge in [0, 0.05) is 44.0 Å². The van der Waals surface area contributed by atoms with Crippen molar-refractivity contribution in [3.05, 3.63) is 24.3 Å². The Kier molecular flexibility index (Phi) is 3.65. The van der Waals surface area contributed by atoms with Gasteiger partial charge in [0.05, 0.1) is 4.90 Å². The Morgan fingerprint density at radius 3 is 2.10 bits per heavy atom. The van der Waals surface area contributed by atoms with E-state index in [0.717, 1.165) is 44.7 Å². The second-order valence-electron chi connectivity index (χ2n) is 5.85. The molecule has 0 radical (unpaired) electrons. The van der Waals surface area contributed by atoms with Crippen LogP contribution in [0.2, 0.25) is 0 Å². The van der Waals surface area contributed by atoms with E-state index >= 15 is 0 Å². The minimum atomic E-state index is -3.14. The molecule has 1 saturated heterocycles. The number of benzene rings is 1. The zero-order chi connectivity index (χ0) is 15.0. The van der Waals surface area contributed by atoms with Gasteiger partial charge in [-0.3, -0.25) is 4.79 Å². The van der Waals surface area contributed by atoms with E-state index < -0.39 is 9.84 Å². The monoisotopic (exact) mass is 308 g/mol. The van der Waals surface area contributed by atoms with Crippen LogP contribution in [-0.2, 0) is 14.6 Å². The van der Waals surface area contributed by atoms with Crippen LogP contribution in [0.5, 0.6) is 0 Å². The van der Waals surface area contributed by atoms with Crippen LogP contribution in [0, 0.1) is 5.92 Å². The van der Waals surface area contributed by atoms with Crippen molar-refractivity contribution in [2.45, 2.75) is 17.7 Å². The van der Waals surface area contributed by atoms with E-state index in [-0.39, 0.29) is 5.92 Å². The Balaban J connectivity index is 1.62. The smallest absolute Gasteiger partial charge is 0.225 e. The number of piperazine rings is 1. The van der Waals surface area contributed by atoms with E-state index in [9.17, 15) is 13.2 Å². The van der Waals surface area contributed by atoms with E-state index in [1.54, 1.807) is 12.1 Å². The summed E-state index contributed by atoms with van der Waals surface area (Å²) in [5.41, 5.74) is 1.01. The van der Waals surface area contributed by atoms with Gasteiger partial charge < -0.3 is 9.80 Å². The first-order valence-electron chi connectivity index (χ1n) is 7.29.